The van der Waals surface area contributed by atoms with E-state index in [0.29, 0.717) is 0 Å². The summed E-state index contributed by atoms with van der Waals surface area (Å²) in [6.45, 7) is 14.4. The molecular weight excluding hydrogens is 371 g/mol. The molecule has 3 rings (SSSR count). The molecule has 0 radical (unpaired) electrons. The molecule has 0 aromatic rings. The lowest BCUT2D eigenvalue weighted by Crippen LogP contribution is -2.69. The molecule has 2 saturated heterocycles. The molecular formula is C16H26Cl2O5Si. The Bertz CT molecular complexity index is 571. The molecule has 1 spiro atoms. The first-order chi connectivity index (χ1) is 10.6. The molecule has 1 saturated carbocycles. The Hall–Kier alpha value is 0.307. The van der Waals surface area contributed by atoms with E-state index in [2.05, 4.69) is 33.9 Å². The third-order valence-electron chi connectivity index (χ3n) is 5.71. The number of halogens is 2. The van der Waals surface area contributed by atoms with Crippen LogP contribution in [-0.2, 0) is 23.4 Å². The first-order valence-electron chi connectivity index (χ1n) is 8.25. The zero-order valence-corrected chi connectivity index (χ0v) is 17.7. The number of rotatable bonds is 2. The number of carbonyl (C=O) groups is 1. The molecule has 5 nitrogen and oxygen atoms in total. The molecule has 1 aliphatic carbocycles. The average molecular weight is 397 g/mol. The van der Waals surface area contributed by atoms with Crippen LogP contribution in [0.2, 0.25) is 18.1 Å². The maximum Gasteiger partial charge on any atom is 0.207 e. The number of ketones is 1. The zero-order chi connectivity index (χ0) is 18.3. The molecule has 24 heavy (non-hydrogen) atoms. The molecule has 3 fully saturated rings. The number of ether oxygens (including phenoxy) is 3. The number of Topliss-reactive ketones (excluding diaryl/α,β-unsaturated/α-hetero) is 1. The normalized spacial score (nSPS) is 40.7. The Kier molecular flexibility index (Phi) is 4.12. The second-order valence-electron chi connectivity index (χ2n) is 8.95. The van der Waals surface area contributed by atoms with Gasteiger partial charge in [0.15, 0.2) is 26.2 Å². The Morgan fingerprint density at radius 2 is 1.75 bits per heavy atom. The standard InChI is InChI=1S/C16H26Cl2O5Si/c1-13(2,3)24(6,7)23-12-10-11(21-14(4,5)20-10)15(22-12)8-9(19)16(15,17)18/h10-12H,8H2,1-7H3/t10-,11+,12-,15+/m1/s1. The van der Waals surface area contributed by atoms with Crippen LogP contribution < -0.4 is 0 Å². The van der Waals surface area contributed by atoms with Crippen molar-refractivity contribution in [2.75, 3.05) is 0 Å². The molecule has 8 heteroatoms. The minimum Gasteiger partial charge on any atom is -0.390 e. The number of hydrogen-bond acceptors (Lipinski definition) is 5. The summed E-state index contributed by atoms with van der Waals surface area (Å²) >= 11 is 12.6. The van der Waals surface area contributed by atoms with E-state index in [0.717, 1.165) is 0 Å². The summed E-state index contributed by atoms with van der Waals surface area (Å²) in [7, 11) is -2.12. The van der Waals surface area contributed by atoms with Gasteiger partial charge < -0.3 is 18.6 Å². The minimum absolute atomic E-state index is 0.00500. The van der Waals surface area contributed by atoms with Crippen LogP contribution in [-0.4, -0.2) is 48.3 Å². The molecule has 4 atom stereocenters. The smallest absolute Gasteiger partial charge is 0.207 e. The summed E-state index contributed by atoms with van der Waals surface area (Å²) in [5, 5.41) is 0.00500. The first kappa shape index (κ1) is 19.1. The lowest BCUT2D eigenvalue weighted by molar-refractivity contribution is -0.251. The maximum atomic E-state index is 11.9. The van der Waals surface area contributed by atoms with Crippen LogP contribution >= 0.6 is 23.2 Å². The highest BCUT2D eigenvalue weighted by atomic mass is 35.5. The summed E-state index contributed by atoms with van der Waals surface area (Å²) in [6, 6.07) is 0. The van der Waals surface area contributed by atoms with Gasteiger partial charge in [0.05, 0.1) is 0 Å². The Balaban J connectivity index is 1.92. The van der Waals surface area contributed by atoms with E-state index < -0.39 is 42.5 Å². The van der Waals surface area contributed by atoms with E-state index >= 15 is 0 Å². The Morgan fingerprint density at radius 3 is 2.21 bits per heavy atom. The summed E-state index contributed by atoms with van der Waals surface area (Å²) in [5.74, 6) is -1.06. The lowest BCUT2D eigenvalue weighted by Gasteiger charge is -2.49. The fourth-order valence-corrected chi connectivity index (χ4v) is 4.92. The van der Waals surface area contributed by atoms with Gasteiger partial charge in [-0.15, -0.1) is 0 Å². The minimum atomic E-state index is -2.12. The van der Waals surface area contributed by atoms with Crippen molar-refractivity contribution in [3.05, 3.63) is 0 Å². The molecule has 2 heterocycles. The van der Waals surface area contributed by atoms with Gasteiger partial charge in [0.2, 0.25) is 4.33 Å². The Morgan fingerprint density at radius 1 is 1.17 bits per heavy atom. The van der Waals surface area contributed by atoms with Crippen molar-refractivity contribution in [2.24, 2.45) is 0 Å². The highest BCUT2D eigenvalue weighted by molar-refractivity contribution is 6.74. The maximum absolute atomic E-state index is 11.9. The fraction of sp³-hybridized carbons (Fsp3) is 0.938. The number of carbonyl (C=O) groups excluding carboxylic acids is 1. The average Bonchev–Trinajstić information content (AvgIpc) is 2.83. The predicted molar refractivity (Wildman–Crippen MR) is 93.8 cm³/mol. The van der Waals surface area contributed by atoms with E-state index in [1.807, 2.05) is 13.8 Å². The first-order valence-corrected chi connectivity index (χ1v) is 11.9. The van der Waals surface area contributed by atoms with Crippen LogP contribution in [0.15, 0.2) is 0 Å². The highest BCUT2D eigenvalue weighted by Gasteiger charge is 2.78. The summed E-state index contributed by atoms with van der Waals surface area (Å²) in [6.07, 6.45) is -1.53. The van der Waals surface area contributed by atoms with Crippen molar-refractivity contribution in [1.82, 2.24) is 0 Å². The molecule has 3 aliphatic rings. The third kappa shape index (κ3) is 2.53. The monoisotopic (exact) mass is 396 g/mol. The fourth-order valence-electron chi connectivity index (χ4n) is 3.23. The third-order valence-corrected chi connectivity index (χ3v) is 11.2. The number of fused-ring (bicyclic) bond motifs is 2. The van der Waals surface area contributed by atoms with Crippen molar-refractivity contribution in [2.45, 2.75) is 93.4 Å². The van der Waals surface area contributed by atoms with Gasteiger partial charge in [-0.2, -0.15) is 0 Å². The van der Waals surface area contributed by atoms with E-state index in [1.54, 1.807) is 0 Å². The summed E-state index contributed by atoms with van der Waals surface area (Å²) in [5.41, 5.74) is -1.11. The Labute approximate surface area is 154 Å². The van der Waals surface area contributed by atoms with Gasteiger partial charge in [0.1, 0.15) is 17.8 Å². The molecule has 0 aromatic carbocycles. The van der Waals surface area contributed by atoms with Crippen molar-refractivity contribution in [3.8, 4) is 0 Å². The number of hydrogen-bond donors (Lipinski definition) is 0. The van der Waals surface area contributed by atoms with Crippen LogP contribution in [0, 0.1) is 0 Å². The predicted octanol–water partition coefficient (Wildman–Crippen LogP) is 3.77. The van der Waals surface area contributed by atoms with Crippen LogP contribution in [0.5, 0.6) is 0 Å². The molecule has 0 N–H and O–H groups in total. The van der Waals surface area contributed by atoms with Gasteiger partial charge in [-0.3, -0.25) is 4.79 Å². The highest BCUT2D eigenvalue weighted by Crippen LogP contribution is 2.61. The number of alkyl halides is 2. The van der Waals surface area contributed by atoms with Gasteiger partial charge in [0, 0.05) is 6.42 Å². The second kappa shape index (κ2) is 5.18. The summed E-state index contributed by atoms with van der Waals surface area (Å²) < 4.78 is 23.0. The van der Waals surface area contributed by atoms with Crippen LogP contribution in [0.3, 0.4) is 0 Å². The zero-order valence-electron chi connectivity index (χ0n) is 15.2. The van der Waals surface area contributed by atoms with Crippen molar-refractivity contribution in [3.63, 3.8) is 0 Å². The van der Waals surface area contributed by atoms with E-state index in [-0.39, 0.29) is 17.2 Å². The van der Waals surface area contributed by atoms with Crippen molar-refractivity contribution < 1.29 is 23.4 Å². The largest absolute Gasteiger partial charge is 0.390 e. The van der Waals surface area contributed by atoms with Gasteiger partial charge in [0.25, 0.3) is 0 Å². The summed E-state index contributed by atoms with van der Waals surface area (Å²) in [4.78, 5) is 11.9. The second-order valence-corrected chi connectivity index (χ2v) is 15.0. The van der Waals surface area contributed by atoms with Crippen LogP contribution in [0.4, 0.5) is 0 Å². The topological polar surface area (TPSA) is 54.0 Å². The molecule has 0 unspecified atom stereocenters. The van der Waals surface area contributed by atoms with Gasteiger partial charge in [-0.25, -0.2) is 0 Å². The van der Waals surface area contributed by atoms with Gasteiger partial charge in [-0.05, 0) is 32.0 Å². The van der Waals surface area contributed by atoms with E-state index in [1.165, 1.54) is 0 Å². The molecule has 138 valence electrons. The van der Waals surface area contributed by atoms with E-state index in [9.17, 15) is 4.79 Å². The van der Waals surface area contributed by atoms with Crippen LogP contribution in [0.25, 0.3) is 0 Å². The van der Waals surface area contributed by atoms with Crippen molar-refractivity contribution in [1.29, 1.82) is 0 Å². The molecule has 2 aliphatic heterocycles. The van der Waals surface area contributed by atoms with Crippen LogP contribution in [0.1, 0.15) is 41.0 Å². The van der Waals surface area contributed by atoms with Crippen molar-refractivity contribution >= 4 is 37.3 Å². The van der Waals surface area contributed by atoms with Gasteiger partial charge in [-0.1, -0.05) is 44.0 Å². The van der Waals surface area contributed by atoms with E-state index in [4.69, 9.17) is 41.8 Å². The molecule has 0 aromatic heterocycles. The molecule has 0 amide bonds. The lowest BCUT2D eigenvalue weighted by atomic mass is 9.73. The molecule has 0 bridgehead atoms. The SMILES string of the molecule is CC1(C)O[C@H]2[C@@H](O[Si](C)(C)C(C)(C)C)O[C@@]3(CC(=O)C3(Cl)Cl)[C@H]2O1. The van der Waals surface area contributed by atoms with Gasteiger partial charge >= 0.3 is 0 Å². The quantitative estimate of drug-likeness (QED) is 0.525.